The monoisotopic (exact) mass is 425 g/mol. The van der Waals surface area contributed by atoms with Crippen LogP contribution in [0.5, 0.6) is 0 Å². The predicted molar refractivity (Wildman–Crippen MR) is 131 cm³/mol. The molecule has 0 spiro atoms. The zero-order valence-electron chi connectivity index (χ0n) is 17.5. The van der Waals surface area contributed by atoms with Crippen LogP contribution in [-0.4, -0.2) is 18.3 Å². The van der Waals surface area contributed by atoms with Gasteiger partial charge in [0.05, 0.1) is 16.1 Å². The quantitative estimate of drug-likeness (QED) is 0.412. The molecule has 0 atom stereocenters. The Labute approximate surface area is 186 Å². The van der Waals surface area contributed by atoms with Crippen LogP contribution in [-0.2, 0) is 6.54 Å². The smallest absolute Gasteiger partial charge is 0.213 e. The van der Waals surface area contributed by atoms with Gasteiger partial charge in [-0.25, -0.2) is 0 Å². The highest BCUT2D eigenvalue weighted by Crippen LogP contribution is 2.49. The summed E-state index contributed by atoms with van der Waals surface area (Å²) in [4.78, 5) is 3.72. The first-order valence-corrected chi connectivity index (χ1v) is 11.5. The van der Waals surface area contributed by atoms with Crippen LogP contribution in [0.3, 0.4) is 0 Å². The topological polar surface area (TPSA) is 27.4 Å². The summed E-state index contributed by atoms with van der Waals surface area (Å²) in [5.74, 6) is 0. The van der Waals surface area contributed by atoms with Crippen molar-refractivity contribution in [3.05, 3.63) is 95.7 Å². The van der Waals surface area contributed by atoms with Gasteiger partial charge in [-0.3, -0.25) is 0 Å². The minimum atomic E-state index is 0.134. The van der Waals surface area contributed by atoms with Crippen molar-refractivity contribution in [2.75, 3.05) is 18.1 Å². The zero-order chi connectivity index (χ0) is 21.2. The second-order valence-electron chi connectivity index (χ2n) is 7.55. The number of fused-ring (bicyclic) bond motifs is 4. The van der Waals surface area contributed by atoms with Crippen LogP contribution in [0, 0.1) is 0 Å². The van der Waals surface area contributed by atoms with Gasteiger partial charge in [0.2, 0.25) is 5.52 Å². The molecule has 4 heteroatoms. The van der Waals surface area contributed by atoms with Gasteiger partial charge in [-0.2, -0.15) is 4.57 Å². The Balaban J connectivity index is 1.49. The summed E-state index contributed by atoms with van der Waals surface area (Å²) < 4.78 is 2.10. The molecule has 1 aromatic heterocycles. The average Bonchev–Trinajstić information content (AvgIpc) is 3.18. The van der Waals surface area contributed by atoms with Crippen LogP contribution in [0.25, 0.3) is 27.8 Å². The standard InChI is InChI=1S/C27H25N2OS/c1-2-29-26(31-25-15-14-20-8-3-4-11-23(20)27(25)29)13-7-9-21-16-17-28(18-19-30)24-12-6-5-10-22(21)24/h3-17,30H,2,18-19H2,1H3/q+1. The van der Waals surface area contributed by atoms with Crippen molar-refractivity contribution in [3.8, 4) is 0 Å². The van der Waals surface area contributed by atoms with Gasteiger partial charge in [0.25, 0.3) is 0 Å². The lowest BCUT2D eigenvalue weighted by atomic mass is 10.1. The molecule has 1 aliphatic heterocycles. The van der Waals surface area contributed by atoms with E-state index in [1.165, 1.54) is 37.3 Å². The minimum absolute atomic E-state index is 0.134. The molecule has 31 heavy (non-hydrogen) atoms. The fraction of sp³-hybridized carbons (Fsp3) is 0.148. The summed E-state index contributed by atoms with van der Waals surface area (Å²) in [6.45, 7) is 3.88. The number of anilines is 1. The van der Waals surface area contributed by atoms with Crippen LogP contribution in [0.1, 0.15) is 12.5 Å². The maximum Gasteiger partial charge on any atom is 0.213 e. The summed E-state index contributed by atoms with van der Waals surface area (Å²) >= 11 is 1.84. The number of hydrogen-bond donors (Lipinski definition) is 1. The Morgan fingerprint density at radius 2 is 1.77 bits per heavy atom. The number of pyridine rings is 1. The van der Waals surface area contributed by atoms with Crippen LogP contribution in [0.4, 0.5) is 5.69 Å². The number of benzene rings is 3. The number of aliphatic hydroxyl groups is 1. The second kappa shape index (κ2) is 8.58. The van der Waals surface area contributed by atoms with Crippen LogP contribution < -0.4 is 9.47 Å². The highest BCUT2D eigenvalue weighted by Gasteiger charge is 2.25. The van der Waals surface area contributed by atoms with Gasteiger partial charge in [0, 0.05) is 29.0 Å². The molecule has 0 fully saturated rings. The van der Waals surface area contributed by atoms with Crippen LogP contribution in [0.15, 0.2) is 95.0 Å². The van der Waals surface area contributed by atoms with E-state index in [0.717, 1.165) is 12.1 Å². The number of para-hydroxylation sites is 1. The van der Waals surface area contributed by atoms with Crippen molar-refractivity contribution in [1.82, 2.24) is 0 Å². The minimum Gasteiger partial charge on any atom is -0.390 e. The molecule has 0 amide bonds. The molecular formula is C27H25N2OS+. The van der Waals surface area contributed by atoms with Crippen LogP contribution >= 0.6 is 11.8 Å². The molecule has 154 valence electrons. The van der Waals surface area contributed by atoms with Crippen molar-refractivity contribution in [2.45, 2.75) is 18.4 Å². The van der Waals surface area contributed by atoms with Gasteiger partial charge in [0.1, 0.15) is 6.61 Å². The van der Waals surface area contributed by atoms with E-state index in [4.69, 9.17) is 0 Å². The Morgan fingerprint density at radius 1 is 0.968 bits per heavy atom. The molecule has 2 heterocycles. The fourth-order valence-electron chi connectivity index (χ4n) is 4.30. The maximum atomic E-state index is 9.35. The first-order chi connectivity index (χ1) is 15.3. The third-order valence-electron chi connectivity index (χ3n) is 5.74. The number of nitrogens with zero attached hydrogens (tertiary/aromatic N) is 2. The molecule has 1 aliphatic rings. The summed E-state index contributed by atoms with van der Waals surface area (Å²) in [5.41, 5.74) is 3.63. The van der Waals surface area contributed by atoms with E-state index >= 15 is 0 Å². The Kier molecular flexibility index (Phi) is 5.49. The number of hydrogen-bond acceptors (Lipinski definition) is 3. The SMILES string of the molecule is CCN1C(=CC=Cc2cc[n+](CCO)c3ccccc23)Sc2ccc3ccccc3c21. The Morgan fingerprint density at radius 3 is 2.61 bits per heavy atom. The molecule has 3 nitrogen and oxygen atoms in total. The van der Waals surface area contributed by atoms with Gasteiger partial charge in [-0.05, 0) is 36.1 Å². The molecule has 5 rings (SSSR count). The molecule has 0 aliphatic carbocycles. The van der Waals surface area contributed by atoms with Crippen molar-refractivity contribution in [2.24, 2.45) is 0 Å². The Bertz CT molecular complexity index is 1330. The number of aromatic nitrogens is 1. The van der Waals surface area contributed by atoms with E-state index in [2.05, 4.69) is 101 Å². The lowest BCUT2D eigenvalue weighted by molar-refractivity contribution is -0.672. The average molecular weight is 426 g/mol. The van der Waals surface area contributed by atoms with Crippen LogP contribution in [0.2, 0.25) is 0 Å². The van der Waals surface area contributed by atoms with Crippen molar-refractivity contribution >= 4 is 45.2 Å². The summed E-state index contributed by atoms with van der Waals surface area (Å²) in [6.07, 6.45) is 8.59. The molecule has 4 aromatic rings. The lowest BCUT2D eigenvalue weighted by Gasteiger charge is -2.19. The second-order valence-corrected chi connectivity index (χ2v) is 8.61. The fourth-order valence-corrected chi connectivity index (χ4v) is 5.46. The van der Waals surface area contributed by atoms with E-state index in [1.807, 2.05) is 17.8 Å². The molecule has 3 aromatic carbocycles. The highest BCUT2D eigenvalue weighted by atomic mass is 32.2. The van der Waals surface area contributed by atoms with Crippen molar-refractivity contribution < 1.29 is 9.67 Å². The third-order valence-corrected chi connectivity index (χ3v) is 6.86. The van der Waals surface area contributed by atoms with E-state index in [0.29, 0.717) is 6.54 Å². The lowest BCUT2D eigenvalue weighted by Crippen LogP contribution is -2.36. The number of allylic oxidation sites excluding steroid dienone is 2. The molecule has 0 saturated heterocycles. The largest absolute Gasteiger partial charge is 0.390 e. The van der Waals surface area contributed by atoms with Gasteiger partial charge in [0.15, 0.2) is 12.7 Å². The van der Waals surface area contributed by atoms with E-state index < -0.39 is 0 Å². The summed E-state index contributed by atoms with van der Waals surface area (Å²) in [6, 6.07) is 23.5. The van der Waals surface area contributed by atoms with Gasteiger partial charge in [-0.1, -0.05) is 66.4 Å². The van der Waals surface area contributed by atoms with Gasteiger partial charge >= 0.3 is 0 Å². The summed E-state index contributed by atoms with van der Waals surface area (Å²) in [5, 5.41) is 14.4. The molecular weight excluding hydrogens is 400 g/mol. The van der Waals surface area contributed by atoms with Crippen molar-refractivity contribution in [3.63, 3.8) is 0 Å². The number of thioether (sulfide) groups is 1. The van der Waals surface area contributed by atoms with Crippen molar-refractivity contribution in [1.29, 1.82) is 0 Å². The number of rotatable bonds is 5. The van der Waals surface area contributed by atoms with E-state index in [-0.39, 0.29) is 6.61 Å². The summed E-state index contributed by atoms with van der Waals surface area (Å²) in [7, 11) is 0. The molecule has 1 N–H and O–H groups in total. The van der Waals surface area contributed by atoms with E-state index in [9.17, 15) is 5.11 Å². The number of aliphatic hydroxyl groups excluding tert-OH is 1. The molecule has 0 saturated carbocycles. The third kappa shape index (κ3) is 3.62. The van der Waals surface area contributed by atoms with Gasteiger partial charge < -0.3 is 10.0 Å². The Hall–Kier alpha value is -3.08. The molecule has 0 bridgehead atoms. The molecule has 0 unspecified atom stereocenters. The first kappa shape index (κ1) is 19.9. The zero-order valence-corrected chi connectivity index (χ0v) is 18.3. The predicted octanol–water partition coefficient (Wildman–Crippen LogP) is 5.76. The molecule has 0 radical (unpaired) electrons. The first-order valence-electron chi connectivity index (χ1n) is 10.7. The van der Waals surface area contributed by atoms with Gasteiger partial charge in [-0.15, -0.1) is 0 Å². The maximum absolute atomic E-state index is 9.35. The normalized spacial score (nSPS) is 14.9. The highest BCUT2D eigenvalue weighted by molar-refractivity contribution is 8.03. The van der Waals surface area contributed by atoms with E-state index in [1.54, 1.807) is 0 Å².